The predicted octanol–water partition coefficient (Wildman–Crippen LogP) is 2.30. The zero-order valence-electron chi connectivity index (χ0n) is 19.8. The second kappa shape index (κ2) is 16.5. The van der Waals surface area contributed by atoms with Crippen molar-refractivity contribution >= 4 is 23.2 Å². The molecular formula is C25H36N4O5. The number of nitrogen functional groups attached to an aromatic ring is 1. The van der Waals surface area contributed by atoms with Gasteiger partial charge in [-0.15, -0.1) is 0 Å². The molecule has 5 N–H and O–H groups in total. The first kappa shape index (κ1) is 27.1. The van der Waals surface area contributed by atoms with Crippen LogP contribution in [0.25, 0.3) is 0 Å². The lowest BCUT2D eigenvalue weighted by molar-refractivity contribution is 0.0139. The molecule has 0 heterocycles. The zero-order chi connectivity index (χ0) is 24.4. The Morgan fingerprint density at radius 1 is 0.676 bits per heavy atom. The number of nitrogens with two attached hydrogens (primary N) is 1. The molecule has 9 nitrogen and oxygen atoms in total. The number of ether oxygens (including phenoxy) is 3. The van der Waals surface area contributed by atoms with Crippen LogP contribution in [0, 0.1) is 0 Å². The number of carbonyl (C=O) groups excluding carboxylic acids is 2. The molecule has 0 aliphatic heterocycles. The van der Waals surface area contributed by atoms with Crippen molar-refractivity contribution in [3.8, 4) is 0 Å². The van der Waals surface area contributed by atoms with Gasteiger partial charge < -0.3 is 35.9 Å². The van der Waals surface area contributed by atoms with Gasteiger partial charge in [0, 0.05) is 55.9 Å². The Bertz CT molecular complexity index is 843. The first-order valence-corrected chi connectivity index (χ1v) is 11.5. The van der Waals surface area contributed by atoms with E-state index in [9.17, 15) is 9.59 Å². The Kier molecular flexibility index (Phi) is 13.1. The summed E-state index contributed by atoms with van der Waals surface area (Å²) in [4.78, 5) is 24.0. The maximum atomic E-state index is 12.0. The summed E-state index contributed by atoms with van der Waals surface area (Å²) in [6, 6.07) is 14.1. The van der Waals surface area contributed by atoms with Gasteiger partial charge in [-0.25, -0.2) is 0 Å². The molecule has 0 bridgehead atoms. The van der Waals surface area contributed by atoms with Crippen LogP contribution in [-0.4, -0.2) is 71.6 Å². The van der Waals surface area contributed by atoms with E-state index in [0.29, 0.717) is 69.5 Å². The van der Waals surface area contributed by atoms with Crippen molar-refractivity contribution in [2.24, 2.45) is 0 Å². The van der Waals surface area contributed by atoms with Crippen LogP contribution in [0.15, 0.2) is 48.5 Å². The van der Waals surface area contributed by atoms with Crippen LogP contribution in [0.4, 0.5) is 11.4 Å². The van der Waals surface area contributed by atoms with Gasteiger partial charge in [-0.3, -0.25) is 9.59 Å². The molecule has 2 aromatic rings. The fourth-order valence-electron chi connectivity index (χ4n) is 2.92. The fraction of sp³-hybridized carbons (Fsp3) is 0.440. The lowest BCUT2D eigenvalue weighted by Crippen LogP contribution is -2.25. The first-order valence-electron chi connectivity index (χ1n) is 11.5. The van der Waals surface area contributed by atoms with Gasteiger partial charge in [-0.1, -0.05) is 0 Å². The predicted molar refractivity (Wildman–Crippen MR) is 133 cm³/mol. The van der Waals surface area contributed by atoms with Crippen molar-refractivity contribution in [3.05, 3.63) is 59.7 Å². The number of rotatable bonds is 17. The van der Waals surface area contributed by atoms with Crippen LogP contribution in [0.5, 0.6) is 0 Å². The van der Waals surface area contributed by atoms with Crippen LogP contribution >= 0.6 is 0 Å². The minimum absolute atomic E-state index is 0.0878. The summed E-state index contributed by atoms with van der Waals surface area (Å²) in [7, 11) is 1.84. The largest absolute Gasteiger partial charge is 0.399 e. The highest BCUT2D eigenvalue weighted by atomic mass is 16.5. The summed E-state index contributed by atoms with van der Waals surface area (Å²) >= 11 is 0. The number of carbonyl (C=O) groups is 2. The topological polar surface area (TPSA) is 124 Å². The van der Waals surface area contributed by atoms with Gasteiger partial charge in [0.25, 0.3) is 11.8 Å². The second-order valence-corrected chi connectivity index (χ2v) is 7.51. The molecule has 0 spiro atoms. The van der Waals surface area contributed by atoms with E-state index in [2.05, 4.69) is 16.0 Å². The molecule has 0 atom stereocenters. The summed E-state index contributed by atoms with van der Waals surface area (Å²) in [6.45, 7) is 4.18. The van der Waals surface area contributed by atoms with Crippen LogP contribution in [0.3, 0.4) is 0 Å². The summed E-state index contributed by atoms with van der Waals surface area (Å²) in [6.07, 6.45) is 1.46. The van der Waals surface area contributed by atoms with E-state index in [0.717, 1.165) is 18.5 Å². The molecule has 34 heavy (non-hydrogen) atoms. The molecular weight excluding hydrogens is 436 g/mol. The molecule has 9 heteroatoms. The summed E-state index contributed by atoms with van der Waals surface area (Å²) in [5.74, 6) is -0.208. The Morgan fingerprint density at radius 3 is 1.53 bits per heavy atom. The van der Waals surface area contributed by atoms with Gasteiger partial charge in [0.05, 0.1) is 26.4 Å². The minimum Gasteiger partial charge on any atom is -0.399 e. The summed E-state index contributed by atoms with van der Waals surface area (Å²) < 4.78 is 16.5. The van der Waals surface area contributed by atoms with Crippen molar-refractivity contribution < 1.29 is 23.8 Å². The number of amides is 2. The van der Waals surface area contributed by atoms with E-state index in [1.165, 1.54) is 0 Å². The molecule has 186 valence electrons. The third kappa shape index (κ3) is 11.1. The highest BCUT2D eigenvalue weighted by Gasteiger charge is 2.05. The maximum Gasteiger partial charge on any atom is 0.251 e. The van der Waals surface area contributed by atoms with Gasteiger partial charge in [-0.05, 0) is 61.4 Å². The lowest BCUT2D eigenvalue weighted by atomic mass is 10.2. The molecule has 0 fully saturated rings. The van der Waals surface area contributed by atoms with Crippen molar-refractivity contribution in [1.82, 2.24) is 10.6 Å². The first-order chi connectivity index (χ1) is 16.6. The fourth-order valence-corrected chi connectivity index (χ4v) is 2.92. The third-order valence-electron chi connectivity index (χ3n) is 4.85. The molecule has 2 amide bonds. The van der Waals surface area contributed by atoms with Crippen molar-refractivity contribution in [2.45, 2.75) is 12.8 Å². The quantitative estimate of drug-likeness (QED) is 0.206. The van der Waals surface area contributed by atoms with E-state index in [1.54, 1.807) is 36.4 Å². The highest BCUT2D eigenvalue weighted by molar-refractivity contribution is 5.94. The van der Waals surface area contributed by atoms with Crippen LogP contribution in [-0.2, 0) is 14.2 Å². The molecule has 0 radical (unpaired) electrons. The van der Waals surface area contributed by atoms with Gasteiger partial charge >= 0.3 is 0 Å². The minimum atomic E-state index is -0.120. The Labute approximate surface area is 201 Å². The van der Waals surface area contributed by atoms with E-state index in [1.807, 2.05) is 19.2 Å². The van der Waals surface area contributed by atoms with E-state index in [-0.39, 0.29) is 11.8 Å². The van der Waals surface area contributed by atoms with Crippen LogP contribution in [0.1, 0.15) is 33.6 Å². The lowest BCUT2D eigenvalue weighted by Gasteiger charge is -2.08. The van der Waals surface area contributed by atoms with Crippen LogP contribution in [0.2, 0.25) is 0 Å². The van der Waals surface area contributed by atoms with E-state index in [4.69, 9.17) is 19.9 Å². The standard InChI is InChI=1S/C25H36N4O5/c1-27-23-10-6-21(7-11-23)25(31)29-13-3-15-33-17-19-34-18-16-32-14-2-12-28-24(30)20-4-8-22(26)9-5-20/h4-11,27H,2-3,12-19,26H2,1H3,(H,28,30)(H,29,31). The van der Waals surface area contributed by atoms with Gasteiger partial charge in [0.2, 0.25) is 0 Å². The summed E-state index contributed by atoms with van der Waals surface area (Å²) in [5, 5.41) is 8.74. The van der Waals surface area contributed by atoms with Gasteiger partial charge in [0.15, 0.2) is 0 Å². The summed E-state index contributed by atoms with van der Waals surface area (Å²) in [5.41, 5.74) is 8.44. The molecule has 0 aliphatic carbocycles. The average molecular weight is 473 g/mol. The Balaban J connectivity index is 1.33. The maximum absolute atomic E-state index is 12.0. The third-order valence-corrected chi connectivity index (χ3v) is 4.85. The number of anilines is 2. The molecule has 2 aromatic carbocycles. The van der Waals surface area contributed by atoms with Crippen molar-refractivity contribution in [1.29, 1.82) is 0 Å². The Morgan fingerprint density at radius 2 is 1.09 bits per heavy atom. The van der Waals surface area contributed by atoms with Crippen molar-refractivity contribution in [2.75, 3.05) is 70.8 Å². The number of hydrogen-bond donors (Lipinski definition) is 4. The number of hydrogen-bond acceptors (Lipinski definition) is 7. The normalized spacial score (nSPS) is 10.6. The molecule has 0 aliphatic rings. The number of nitrogens with one attached hydrogen (secondary N) is 3. The van der Waals surface area contributed by atoms with Gasteiger partial charge in [-0.2, -0.15) is 0 Å². The molecule has 0 saturated heterocycles. The second-order valence-electron chi connectivity index (χ2n) is 7.51. The molecule has 0 aromatic heterocycles. The van der Waals surface area contributed by atoms with Crippen molar-refractivity contribution in [3.63, 3.8) is 0 Å². The SMILES string of the molecule is CNc1ccc(C(=O)NCCCOCCOCCOCCCNC(=O)c2ccc(N)cc2)cc1. The van der Waals surface area contributed by atoms with Crippen LogP contribution < -0.4 is 21.7 Å². The Hall–Kier alpha value is -3.14. The smallest absolute Gasteiger partial charge is 0.251 e. The zero-order valence-corrected chi connectivity index (χ0v) is 19.8. The molecule has 0 unspecified atom stereocenters. The average Bonchev–Trinajstić information content (AvgIpc) is 2.86. The monoisotopic (exact) mass is 472 g/mol. The molecule has 0 saturated carbocycles. The van der Waals surface area contributed by atoms with E-state index < -0.39 is 0 Å². The van der Waals surface area contributed by atoms with E-state index >= 15 is 0 Å². The molecule has 2 rings (SSSR count). The number of benzene rings is 2. The highest BCUT2D eigenvalue weighted by Crippen LogP contribution is 2.08. The van der Waals surface area contributed by atoms with Gasteiger partial charge in [0.1, 0.15) is 0 Å².